The molecule has 1 aliphatic heterocycles. The number of ketones is 1. The van der Waals surface area contributed by atoms with Crippen LogP contribution in [0.5, 0.6) is 23.0 Å². The number of allylic oxidation sites excluding steroid dienone is 1. The highest BCUT2D eigenvalue weighted by Gasteiger charge is 2.27. The lowest BCUT2D eigenvalue weighted by Gasteiger charge is -2.08. The summed E-state index contributed by atoms with van der Waals surface area (Å²) in [4.78, 5) is 12.7. The van der Waals surface area contributed by atoms with E-state index in [-0.39, 0.29) is 11.5 Å². The average Bonchev–Trinajstić information content (AvgIpc) is 3.11. The molecule has 0 saturated carbocycles. The van der Waals surface area contributed by atoms with Crippen molar-refractivity contribution < 1.29 is 23.7 Å². The van der Waals surface area contributed by atoms with Gasteiger partial charge in [0.2, 0.25) is 5.78 Å². The summed E-state index contributed by atoms with van der Waals surface area (Å²) < 4.78 is 22.1. The highest BCUT2D eigenvalue weighted by Crippen LogP contribution is 2.36. The minimum Gasteiger partial charge on any atom is -0.493 e. The number of rotatable bonds is 7. The fourth-order valence-corrected chi connectivity index (χ4v) is 3.24. The standard InChI is InChI=1S/C26H22O5/c1-28-22-13-10-19(15-24(22)29-2)16-25-26(27)21-12-11-20(17-23(21)31-25)30-14-6-9-18-7-4-3-5-8-18/h3-13,15-17H,14H2,1-2H3. The normalized spacial score (nSPS) is 13.9. The van der Waals surface area contributed by atoms with E-state index >= 15 is 0 Å². The SMILES string of the molecule is COc1ccc(C=C2Oc3cc(OCC=Cc4ccccc4)ccc3C2=O)cc1OC. The second-order valence-corrected chi connectivity index (χ2v) is 6.84. The average molecular weight is 414 g/mol. The summed E-state index contributed by atoms with van der Waals surface area (Å²) in [7, 11) is 3.14. The Kier molecular flexibility index (Phi) is 6.03. The maximum absolute atomic E-state index is 12.7. The molecular weight excluding hydrogens is 392 g/mol. The molecule has 3 aromatic rings. The number of hydrogen-bond donors (Lipinski definition) is 0. The summed E-state index contributed by atoms with van der Waals surface area (Å²) in [6, 6.07) is 20.7. The minimum atomic E-state index is -0.166. The Balaban J connectivity index is 1.45. The summed E-state index contributed by atoms with van der Waals surface area (Å²) >= 11 is 0. The van der Waals surface area contributed by atoms with E-state index in [1.54, 1.807) is 50.6 Å². The Hall–Kier alpha value is -3.99. The van der Waals surface area contributed by atoms with Crippen LogP contribution >= 0.6 is 0 Å². The smallest absolute Gasteiger partial charge is 0.231 e. The van der Waals surface area contributed by atoms with Crippen LogP contribution in [0.15, 0.2) is 78.6 Å². The first-order valence-corrected chi connectivity index (χ1v) is 9.82. The van der Waals surface area contributed by atoms with Crippen LogP contribution in [-0.4, -0.2) is 26.6 Å². The van der Waals surface area contributed by atoms with Crippen LogP contribution < -0.4 is 18.9 Å². The molecule has 156 valence electrons. The van der Waals surface area contributed by atoms with Crippen molar-refractivity contribution in [1.29, 1.82) is 0 Å². The second kappa shape index (κ2) is 9.22. The third-order valence-electron chi connectivity index (χ3n) is 4.80. The Morgan fingerprint density at radius 2 is 1.68 bits per heavy atom. The molecule has 0 N–H and O–H groups in total. The molecule has 1 aliphatic rings. The molecule has 0 radical (unpaired) electrons. The van der Waals surface area contributed by atoms with E-state index in [0.717, 1.165) is 11.1 Å². The van der Waals surface area contributed by atoms with Gasteiger partial charge in [-0.2, -0.15) is 0 Å². The maximum Gasteiger partial charge on any atom is 0.231 e. The van der Waals surface area contributed by atoms with Crippen LogP contribution in [0.2, 0.25) is 0 Å². The van der Waals surface area contributed by atoms with Gasteiger partial charge in [-0.25, -0.2) is 0 Å². The van der Waals surface area contributed by atoms with E-state index in [1.807, 2.05) is 48.6 Å². The first-order valence-electron chi connectivity index (χ1n) is 9.82. The molecule has 1 heterocycles. The Bertz CT molecular complexity index is 1150. The molecule has 0 unspecified atom stereocenters. The van der Waals surface area contributed by atoms with Crippen molar-refractivity contribution in [3.05, 3.63) is 95.3 Å². The fourth-order valence-electron chi connectivity index (χ4n) is 3.24. The largest absolute Gasteiger partial charge is 0.493 e. The van der Waals surface area contributed by atoms with Gasteiger partial charge in [-0.1, -0.05) is 42.5 Å². The monoisotopic (exact) mass is 414 g/mol. The van der Waals surface area contributed by atoms with Crippen molar-refractivity contribution in [2.24, 2.45) is 0 Å². The van der Waals surface area contributed by atoms with Gasteiger partial charge in [0, 0.05) is 6.07 Å². The van der Waals surface area contributed by atoms with Gasteiger partial charge in [0.05, 0.1) is 19.8 Å². The molecule has 4 rings (SSSR count). The number of benzene rings is 3. The van der Waals surface area contributed by atoms with Crippen LogP contribution in [0.25, 0.3) is 12.2 Å². The van der Waals surface area contributed by atoms with Gasteiger partial charge in [-0.05, 0) is 47.5 Å². The predicted molar refractivity (Wildman–Crippen MR) is 120 cm³/mol. The Morgan fingerprint density at radius 3 is 2.45 bits per heavy atom. The van der Waals surface area contributed by atoms with Crippen molar-refractivity contribution in [1.82, 2.24) is 0 Å². The Labute approximate surface area is 181 Å². The predicted octanol–water partition coefficient (Wildman–Crippen LogP) is 5.41. The van der Waals surface area contributed by atoms with E-state index < -0.39 is 0 Å². The number of carbonyl (C=O) groups excluding carboxylic acids is 1. The molecule has 3 aromatic carbocycles. The van der Waals surface area contributed by atoms with Gasteiger partial charge in [-0.3, -0.25) is 4.79 Å². The van der Waals surface area contributed by atoms with Crippen molar-refractivity contribution >= 4 is 17.9 Å². The molecule has 0 aliphatic carbocycles. The number of methoxy groups -OCH3 is 2. The molecular formula is C26H22O5. The number of hydrogen-bond acceptors (Lipinski definition) is 5. The highest BCUT2D eigenvalue weighted by molar-refractivity contribution is 6.14. The molecule has 0 bridgehead atoms. The van der Waals surface area contributed by atoms with Gasteiger partial charge in [0.1, 0.15) is 18.1 Å². The van der Waals surface area contributed by atoms with Gasteiger partial charge < -0.3 is 18.9 Å². The molecule has 5 nitrogen and oxygen atoms in total. The third kappa shape index (κ3) is 4.61. The van der Waals surface area contributed by atoms with E-state index in [0.29, 0.717) is 35.2 Å². The van der Waals surface area contributed by atoms with Crippen molar-refractivity contribution in [3.8, 4) is 23.0 Å². The molecule has 0 amide bonds. The van der Waals surface area contributed by atoms with Crippen molar-refractivity contribution in [2.45, 2.75) is 0 Å². The van der Waals surface area contributed by atoms with Crippen LogP contribution in [0, 0.1) is 0 Å². The molecule has 5 heteroatoms. The van der Waals surface area contributed by atoms with Gasteiger partial charge in [0.15, 0.2) is 17.3 Å². The zero-order valence-electron chi connectivity index (χ0n) is 17.3. The lowest BCUT2D eigenvalue weighted by molar-refractivity contribution is 0.101. The molecule has 0 fully saturated rings. The highest BCUT2D eigenvalue weighted by atomic mass is 16.5. The summed E-state index contributed by atoms with van der Waals surface area (Å²) in [5, 5.41) is 0. The number of fused-ring (bicyclic) bond motifs is 1. The number of carbonyl (C=O) groups is 1. The molecule has 0 spiro atoms. The van der Waals surface area contributed by atoms with Gasteiger partial charge in [-0.15, -0.1) is 0 Å². The summed E-state index contributed by atoms with van der Waals surface area (Å²) in [5.41, 5.74) is 2.40. The summed E-state index contributed by atoms with van der Waals surface area (Å²) in [5.74, 6) is 2.41. The van der Waals surface area contributed by atoms with Gasteiger partial charge in [0.25, 0.3) is 0 Å². The molecule has 0 atom stereocenters. The van der Waals surface area contributed by atoms with Crippen LogP contribution in [-0.2, 0) is 0 Å². The topological polar surface area (TPSA) is 54.0 Å². The first kappa shape index (κ1) is 20.3. The first-order chi connectivity index (χ1) is 15.2. The van der Waals surface area contributed by atoms with E-state index in [2.05, 4.69) is 0 Å². The lowest BCUT2D eigenvalue weighted by Crippen LogP contribution is -1.98. The van der Waals surface area contributed by atoms with Crippen LogP contribution in [0.4, 0.5) is 0 Å². The minimum absolute atomic E-state index is 0.166. The van der Waals surface area contributed by atoms with Crippen LogP contribution in [0.3, 0.4) is 0 Å². The quantitative estimate of drug-likeness (QED) is 0.484. The van der Waals surface area contributed by atoms with E-state index in [9.17, 15) is 4.79 Å². The zero-order chi connectivity index (χ0) is 21.6. The maximum atomic E-state index is 12.7. The molecule has 0 aromatic heterocycles. The third-order valence-corrected chi connectivity index (χ3v) is 4.80. The fraction of sp³-hybridized carbons (Fsp3) is 0.115. The van der Waals surface area contributed by atoms with Gasteiger partial charge >= 0.3 is 0 Å². The lowest BCUT2D eigenvalue weighted by atomic mass is 10.1. The second-order valence-electron chi connectivity index (χ2n) is 6.84. The zero-order valence-corrected chi connectivity index (χ0v) is 17.3. The van der Waals surface area contributed by atoms with E-state index in [1.165, 1.54) is 0 Å². The summed E-state index contributed by atoms with van der Waals surface area (Å²) in [6.45, 7) is 0.413. The van der Waals surface area contributed by atoms with Crippen molar-refractivity contribution in [3.63, 3.8) is 0 Å². The van der Waals surface area contributed by atoms with Crippen LogP contribution in [0.1, 0.15) is 21.5 Å². The van der Waals surface area contributed by atoms with Crippen molar-refractivity contribution in [2.75, 3.05) is 20.8 Å². The molecule has 31 heavy (non-hydrogen) atoms. The number of Topliss-reactive ketones (excluding diaryl/α,β-unsaturated/α-hetero) is 1. The summed E-state index contributed by atoms with van der Waals surface area (Å²) in [6.07, 6.45) is 5.63. The Morgan fingerprint density at radius 1 is 0.871 bits per heavy atom. The van der Waals surface area contributed by atoms with E-state index in [4.69, 9.17) is 18.9 Å². The number of ether oxygens (including phenoxy) is 4. The molecule has 0 saturated heterocycles.